The SMILES string of the molecule is C#Cc1ccc(C(N)=NC(C)(C(=O)Nc2ccc(N3CCOCC3=O)c(C)c2)C(F)(F)F)s1. The van der Waals surface area contributed by atoms with Crippen LogP contribution in [0.25, 0.3) is 0 Å². The van der Waals surface area contributed by atoms with E-state index in [0.29, 0.717) is 36.2 Å². The maximum atomic E-state index is 13.9. The number of carbonyl (C=O) groups is 2. The summed E-state index contributed by atoms with van der Waals surface area (Å²) in [5.74, 6) is 0.285. The minimum Gasteiger partial charge on any atom is -0.383 e. The van der Waals surface area contributed by atoms with Gasteiger partial charge in [0, 0.05) is 17.9 Å². The number of morpholine rings is 1. The molecule has 0 spiro atoms. The Morgan fingerprint density at radius 2 is 2.06 bits per heavy atom. The molecule has 3 rings (SSSR count). The molecule has 1 unspecified atom stereocenters. The molecule has 1 aliphatic rings. The van der Waals surface area contributed by atoms with E-state index in [1.165, 1.54) is 29.2 Å². The highest BCUT2D eigenvalue weighted by atomic mass is 32.1. The number of alkyl halides is 3. The van der Waals surface area contributed by atoms with Crippen molar-refractivity contribution in [3.8, 4) is 12.3 Å². The summed E-state index contributed by atoms with van der Waals surface area (Å²) in [7, 11) is 0. The molecule has 2 heterocycles. The molecule has 0 bridgehead atoms. The maximum absolute atomic E-state index is 13.9. The third kappa shape index (κ3) is 5.02. The number of benzene rings is 1. The lowest BCUT2D eigenvalue weighted by Gasteiger charge is -2.29. The fourth-order valence-corrected chi connectivity index (χ4v) is 3.87. The summed E-state index contributed by atoms with van der Waals surface area (Å²) in [6.45, 7) is 3.02. The Hall–Kier alpha value is -3.36. The van der Waals surface area contributed by atoms with Gasteiger partial charge in [0.25, 0.3) is 11.8 Å². The number of amidine groups is 1. The van der Waals surface area contributed by atoms with Crippen molar-refractivity contribution >= 4 is 40.4 Å². The average molecular weight is 478 g/mol. The predicted molar refractivity (Wildman–Crippen MR) is 120 cm³/mol. The number of aryl methyl sites for hydroxylation is 1. The van der Waals surface area contributed by atoms with E-state index in [1.807, 2.05) is 0 Å². The number of hydrogen-bond acceptors (Lipinski definition) is 5. The molecule has 33 heavy (non-hydrogen) atoms. The van der Waals surface area contributed by atoms with Crippen molar-refractivity contribution in [1.29, 1.82) is 0 Å². The number of aliphatic imine (C=N–C) groups is 1. The van der Waals surface area contributed by atoms with E-state index in [1.54, 1.807) is 13.0 Å². The second kappa shape index (κ2) is 9.25. The van der Waals surface area contributed by atoms with Gasteiger partial charge in [-0.1, -0.05) is 5.92 Å². The molecule has 1 aromatic heterocycles. The number of terminal acetylenes is 1. The van der Waals surface area contributed by atoms with E-state index in [-0.39, 0.29) is 23.1 Å². The summed E-state index contributed by atoms with van der Waals surface area (Å²) in [5, 5.41) is 2.27. The molecule has 3 N–H and O–H groups in total. The maximum Gasteiger partial charge on any atom is 0.422 e. The molecule has 174 valence electrons. The van der Waals surface area contributed by atoms with E-state index in [9.17, 15) is 22.8 Å². The molecule has 1 aromatic carbocycles. The lowest BCUT2D eigenvalue weighted by Crippen LogP contribution is -2.52. The van der Waals surface area contributed by atoms with Crippen molar-refractivity contribution < 1.29 is 27.5 Å². The number of nitrogens with one attached hydrogen (secondary N) is 1. The molecule has 11 heteroatoms. The molecule has 7 nitrogen and oxygen atoms in total. The smallest absolute Gasteiger partial charge is 0.383 e. The van der Waals surface area contributed by atoms with Crippen LogP contribution >= 0.6 is 11.3 Å². The summed E-state index contributed by atoms with van der Waals surface area (Å²) in [5.41, 5.74) is 3.94. The van der Waals surface area contributed by atoms with Gasteiger partial charge in [-0.15, -0.1) is 17.8 Å². The molecule has 0 radical (unpaired) electrons. The van der Waals surface area contributed by atoms with Crippen molar-refractivity contribution in [3.63, 3.8) is 0 Å². The van der Waals surface area contributed by atoms with E-state index in [2.05, 4.69) is 16.2 Å². The second-order valence-electron chi connectivity index (χ2n) is 7.43. The van der Waals surface area contributed by atoms with Gasteiger partial charge < -0.3 is 20.7 Å². The third-order valence-electron chi connectivity index (χ3n) is 5.07. The van der Waals surface area contributed by atoms with Crippen LogP contribution < -0.4 is 16.0 Å². The number of amides is 2. The monoisotopic (exact) mass is 478 g/mol. The van der Waals surface area contributed by atoms with Gasteiger partial charge in [-0.05, 0) is 49.7 Å². The highest BCUT2D eigenvalue weighted by Crippen LogP contribution is 2.36. The van der Waals surface area contributed by atoms with Crippen LogP contribution in [0.3, 0.4) is 0 Å². The third-order valence-corrected chi connectivity index (χ3v) is 6.11. The minimum absolute atomic E-state index is 0.0473. The molecule has 1 fully saturated rings. The predicted octanol–water partition coefficient (Wildman–Crippen LogP) is 3.07. The molecule has 0 saturated carbocycles. The van der Waals surface area contributed by atoms with Gasteiger partial charge in [0.15, 0.2) is 0 Å². The van der Waals surface area contributed by atoms with Crippen LogP contribution in [-0.2, 0) is 14.3 Å². The first-order chi connectivity index (χ1) is 15.5. The Morgan fingerprint density at radius 1 is 1.33 bits per heavy atom. The van der Waals surface area contributed by atoms with E-state index in [4.69, 9.17) is 16.9 Å². The van der Waals surface area contributed by atoms with Gasteiger partial charge >= 0.3 is 6.18 Å². The van der Waals surface area contributed by atoms with E-state index >= 15 is 0 Å². The molecule has 1 aliphatic heterocycles. The van der Waals surface area contributed by atoms with Crippen LogP contribution in [0.15, 0.2) is 35.3 Å². The van der Waals surface area contributed by atoms with E-state index in [0.717, 1.165) is 11.3 Å². The van der Waals surface area contributed by atoms with Gasteiger partial charge in [0.05, 0.1) is 16.4 Å². The molecule has 1 atom stereocenters. The van der Waals surface area contributed by atoms with Gasteiger partial charge in [-0.25, -0.2) is 4.99 Å². The summed E-state index contributed by atoms with van der Waals surface area (Å²) < 4.78 is 46.9. The van der Waals surface area contributed by atoms with Gasteiger partial charge in [0.2, 0.25) is 5.54 Å². The fourth-order valence-electron chi connectivity index (χ4n) is 3.15. The first kappa shape index (κ1) is 24.3. The Balaban J connectivity index is 1.87. The molecule has 2 amide bonds. The Labute approximate surface area is 192 Å². The Bertz CT molecular complexity index is 1150. The number of anilines is 2. The van der Waals surface area contributed by atoms with Crippen LogP contribution in [-0.4, -0.2) is 49.1 Å². The number of thiophene rings is 1. The van der Waals surface area contributed by atoms with Crippen LogP contribution in [0.2, 0.25) is 0 Å². The normalized spacial score (nSPS) is 16.8. The summed E-state index contributed by atoms with van der Waals surface area (Å²) in [6.07, 6.45) is 0.255. The number of nitrogens with two attached hydrogens (primary N) is 1. The zero-order valence-corrected chi connectivity index (χ0v) is 18.6. The van der Waals surface area contributed by atoms with Crippen molar-refractivity contribution in [2.75, 3.05) is 30.0 Å². The Kier molecular flexibility index (Phi) is 6.81. The van der Waals surface area contributed by atoms with Crippen molar-refractivity contribution in [3.05, 3.63) is 45.6 Å². The van der Waals surface area contributed by atoms with Crippen molar-refractivity contribution in [1.82, 2.24) is 0 Å². The van der Waals surface area contributed by atoms with Crippen molar-refractivity contribution in [2.45, 2.75) is 25.6 Å². The summed E-state index contributed by atoms with van der Waals surface area (Å²) in [6, 6.07) is 7.44. The lowest BCUT2D eigenvalue weighted by molar-refractivity contribution is -0.183. The zero-order chi connectivity index (χ0) is 24.4. The first-order valence-corrected chi connectivity index (χ1v) is 10.6. The fraction of sp³-hybridized carbons (Fsp3) is 0.318. The number of halogens is 3. The number of nitrogens with zero attached hydrogens (tertiary/aromatic N) is 2. The molecular weight excluding hydrogens is 457 g/mol. The number of rotatable bonds is 5. The molecule has 2 aromatic rings. The van der Waals surface area contributed by atoms with Crippen LogP contribution in [0.4, 0.5) is 24.5 Å². The molecule has 0 aliphatic carbocycles. The van der Waals surface area contributed by atoms with Crippen molar-refractivity contribution in [2.24, 2.45) is 10.7 Å². The first-order valence-electron chi connectivity index (χ1n) is 9.75. The van der Waals surface area contributed by atoms with E-state index < -0.39 is 23.5 Å². The van der Waals surface area contributed by atoms with Crippen LogP contribution in [0.1, 0.15) is 22.2 Å². The van der Waals surface area contributed by atoms with Gasteiger partial charge in [0.1, 0.15) is 12.4 Å². The van der Waals surface area contributed by atoms with Crippen LogP contribution in [0.5, 0.6) is 0 Å². The number of carbonyl (C=O) groups excluding carboxylic acids is 2. The quantitative estimate of drug-likeness (QED) is 0.392. The Morgan fingerprint density at radius 3 is 2.64 bits per heavy atom. The van der Waals surface area contributed by atoms with Crippen LogP contribution in [0, 0.1) is 19.3 Å². The topological polar surface area (TPSA) is 97.0 Å². The molecule has 1 saturated heterocycles. The number of ether oxygens (including phenoxy) is 1. The zero-order valence-electron chi connectivity index (χ0n) is 17.8. The minimum atomic E-state index is -5.02. The lowest BCUT2D eigenvalue weighted by atomic mass is 10.0. The standard InChI is InChI=1S/C22H21F3N4O3S/c1-4-15-6-8-17(33-15)19(26)28-21(3,22(23,24)25)20(31)27-14-5-7-16(13(2)11-14)29-9-10-32-12-18(29)30/h1,5-8,11H,9-10,12H2,2-3H3,(H2,26,28)(H,27,31). The second-order valence-corrected chi connectivity index (χ2v) is 8.51. The summed E-state index contributed by atoms with van der Waals surface area (Å²) >= 11 is 0.993. The summed E-state index contributed by atoms with van der Waals surface area (Å²) in [4.78, 5) is 30.6. The highest BCUT2D eigenvalue weighted by Gasteiger charge is 2.57. The van der Waals surface area contributed by atoms with Gasteiger partial charge in [-0.2, -0.15) is 13.2 Å². The largest absolute Gasteiger partial charge is 0.422 e. The number of hydrogen-bond donors (Lipinski definition) is 2. The molecular formula is C22H21F3N4O3S. The highest BCUT2D eigenvalue weighted by molar-refractivity contribution is 7.14. The average Bonchev–Trinajstić information content (AvgIpc) is 3.23. The van der Waals surface area contributed by atoms with Gasteiger partial charge in [-0.3, -0.25) is 9.59 Å².